The summed E-state index contributed by atoms with van der Waals surface area (Å²) in [6, 6.07) is 8.16. The average molecular weight is 321 g/mol. The largest absolute Gasteiger partial charge is 0.384 e. The number of amides is 1. The number of anilines is 2. The SMILES string of the molecule is Cl.O=C(Nc1ccc2c(c1)CCN2)c1cc2c(s1)CCC2. The van der Waals surface area contributed by atoms with Crippen molar-refractivity contribution in [3.05, 3.63) is 45.1 Å². The van der Waals surface area contributed by atoms with Gasteiger partial charge in [-0.05, 0) is 61.1 Å². The lowest BCUT2D eigenvalue weighted by atomic mass is 10.1. The maximum Gasteiger partial charge on any atom is 0.265 e. The van der Waals surface area contributed by atoms with Gasteiger partial charge in [-0.3, -0.25) is 4.79 Å². The van der Waals surface area contributed by atoms with Crippen LogP contribution in [0.15, 0.2) is 24.3 Å². The van der Waals surface area contributed by atoms with E-state index in [-0.39, 0.29) is 18.3 Å². The van der Waals surface area contributed by atoms with E-state index in [1.165, 1.54) is 28.1 Å². The van der Waals surface area contributed by atoms with Gasteiger partial charge in [-0.25, -0.2) is 0 Å². The normalized spacial score (nSPS) is 14.9. The Labute approximate surface area is 134 Å². The molecule has 2 N–H and O–H groups in total. The second kappa shape index (κ2) is 5.70. The maximum atomic E-state index is 12.3. The molecule has 0 radical (unpaired) electrons. The minimum Gasteiger partial charge on any atom is -0.384 e. The first-order valence-corrected chi connectivity index (χ1v) is 7.91. The summed E-state index contributed by atoms with van der Waals surface area (Å²) in [5.74, 6) is 0.0234. The van der Waals surface area contributed by atoms with Gasteiger partial charge in [0.25, 0.3) is 5.91 Å². The molecule has 21 heavy (non-hydrogen) atoms. The topological polar surface area (TPSA) is 41.1 Å². The summed E-state index contributed by atoms with van der Waals surface area (Å²) in [6.07, 6.45) is 4.54. The van der Waals surface area contributed by atoms with E-state index in [0.29, 0.717) is 0 Å². The molecular weight excluding hydrogens is 304 g/mol. The Kier molecular flexibility index (Phi) is 3.91. The Balaban J connectivity index is 0.00000132. The predicted molar refractivity (Wildman–Crippen MR) is 90.2 cm³/mol. The van der Waals surface area contributed by atoms with Crippen molar-refractivity contribution in [3.63, 3.8) is 0 Å². The van der Waals surface area contributed by atoms with Gasteiger partial charge in [0, 0.05) is 22.8 Å². The van der Waals surface area contributed by atoms with Gasteiger partial charge in [0.05, 0.1) is 4.88 Å². The van der Waals surface area contributed by atoms with Gasteiger partial charge in [-0.1, -0.05) is 0 Å². The molecule has 0 saturated carbocycles. The number of carbonyl (C=O) groups excluding carboxylic acids is 1. The number of hydrogen-bond donors (Lipinski definition) is 2. The molecule has 1 aliphatic carbocycles. The van der Waals surface area contributed by atoms with Crippen LogP contribution in [-0.2, 0) is 19.3 Å². The Morgan fingerprint density at radius 1 is 1.14 bits per heavy atom. The Morgan fingerprint density at radius 3 is 2.90 bits per heavy atom. The number of nitrogens with one attached hydrogen (secondary N) is 2. The Bertz CT molecular complexity index is 674. The molecule has 0 unspecified atom stereocenters. The van der Waals surface area contributed by atoms with Crippen LogP contribution in [0, 0.1) is 0 Å². The van der Waals surface area contributed by atoms with E-state index >= 15 is 0 Å². The number of halogens is 1. The number of fused-ring (bicyclic) bond motifs is 2. The van der Waals surface area contributed by atoms with Gasteiger partial charge in [-0.2, -0.15) is 0 Å². The fourth-order valence-corrected chi connectivity index (χ4v) is 4.17. The van der Waals surface area contributed by atoms with Crippen molar-refractivity contribution < 1.29 is 4.79 Å². The minimum absolute atomic E-state index is 0. The van der Waals surface area contributed by atoms with Crippen LogP contribution in [0.25, 0.3) is 0 Å². The Morgan fingerprint density at radius 2 is 2.05 bits per heavy atom. The highest BCUT2D eigenvalue weighted by atomic mass is 35.5. The number of hydrogen-bond acceptors (Lipinski definition) is 3. The van der Waals surface area contributed by atoms with E-state index in [9.17, 15) is 4.79 Å². The van der Waals surface area contributed by atoms with Crippen molar-refractivity contribution in [1.82, 2.24) is 0 Å². The quantitative estimate of drug-likeness (QED) is 0.881. The molecule has 1 aromatic heterocycles. The van der Waals surface area contributed by atoms with Crippen LogP contribution < -0.4 is 10.6 Å². The van der Waals surface area contributed by atoms with Crippen LogP contribution in [0.3, 0.4) is 0 Å². The van der Waals surface area contributed by atoms with Crippen LogP contribution in [0.4, 0.5) is 11.4 Å². The molecule has 1 amide bonds. The van der Waals surface area contributed by atoms with E-state index in [1.54, 1.807) is 11.3 Å². The third kappa shape index (κ3) is 2.65. The molecule has 0 bridgehead atoms. The molecule has 5 heteroatoms. The van der Waals surface area contributed by atoms with Crippen molar-refractivity contribution in [2.24, 2.45) is 0 Å². The third-order valence-corrected chi connectivity index (χ3v) is 5.28. The highest BCUT2D eigenvalue weighted by molar-refractivity contribution is 7.14. The van der Waals surface area contributed by atoms with E-state index in [0.717, 1.165) is 36.4 Å². The first-order chi connectivity index (χ1) is 9.79. The predicted octanol–water partition coefficient (Wildman–Crippen LogP) is 3.88. The summed E-state index contributed by atoms with van der Waals surface area (Å²) in [7, 11) is 0. The molecule has 1 aromatic carbocycles. The smallest absolute Gasteiger partial charge is 0.265 e. The molecular formula is C16H17ClN2OS. The molecule has 2 aromatic rings. The van der Waals surface area contributed by atoms with E-state index < -0.39 is 0 Å². The van der Waals surface area contributed by atoms with Gasteiger partial charge in [0.15, 0.2) is 0 Å². The molecule has 0 atom stereocenters. The number of rotatable bonds is 2. The summed E-state index contributed by atoms with van der Waals surface area (Å²) in [6.45, 7) is 0.990. The molecule has 0 spiro atoms. The highest BCUT2D eigenvalue weighted by Gasteiger charge is 2.19. The van der Waals surface area contributed by atoms with Gasteiger partial charge < -0.3 is 10.6 Å². The lowest BCUT2D eigenvalue weighted by Gasteiger charge is -2.06. The molecule has 110 valence electrons. The summed E-state index contributed by atoms with van der Waals surface area (Å²) in [5, 5.41) is 6.35. The molecule has 1 aliphatic heterocycles. The molecule has 2 aliphatic rings. The minimum atomic E-state index is 0. The van der Waals surface area contributed by atoms with Crippen LogP contribution in [0.1, 0.15) is 32.1 Å². The van der Waals surface area contributed by atoms with Crippen LogP contribution in [0.2, 0.25) is 0 Å². The van der Waals surface area contributed by atoms with Gasteiger partial charge in [0.1, 0.15) is 0 Å². The van der Waals surface area contributed by atoms with E-state index in [4.69, 9.17) is 0 Å². The molecule has 4 rings (SSSR count). The molecule has 0 fully saturated rings. The average Bonchev–Trinajstić information content (AvgIpc) is 3.12. The monoisotopic (exact) mass is 320 g/mol. The summed E-state index contributed by atoms with van der Waals surface area (Å²) in [5.41, 5.74) is 4.75. The Hall–Kier alpha value is -1.52. The first-order valence-electron chi connectivity index (χ1n) is 7.09. The fraction of sp³-hybridized carbons (Fsp3) is 0.312. The number of aryl methyl sites for hydroxylation is 2. The lowest BCUT2D eigenvalue weighted by Crippen LogP contribution is -2.10. The second-order valence-corrected chi connectivity index (χ2v) is 6.55. The zero-order valence-corrected chi connectivity index (χ0v) is 13.2. The number of benzene rings is 1. The zero-order valence-electron chi connectivity index (χ0n) is 11.6. The van der Waals surface area contributed by atoms with Crippen LogP contribution in [0.5, 0.6) is 0 Å². The number of carbonyl (C=O) groups is 1. The first kappa shape index (κ1) is 14.4. The molecule has 3 nitrogen and oxygen atoms in total. The second-order valence-electron chi connectivity index (χ2n) is 5.42. The zero-order chi connectivity index (χ0) is 13.5. The summed E-state index contributed by atoms with van der Waals surface area (Å²) >= 11 is 1.65. The van der Waals surface area contributed by atoms with E-state index in [1.807, 2.05) is 12.1 Å². The van der Waals surface area contributed by atoms with Crippen molar-refractivity contribution in [2.75, 3.05) is 17.2 Å². The lowest BCUT2D eigenvalue weighted by molar-refractivity contribution is 0.103. The standard InChI is InChI=1S/C16H16N2OS.ClH/c19-16(15-9-11-2-1-3-14(11)20-15)18-12-4-5-13-10(8-12)6-7-17-13;/h4-5,8-9,17H,1-3,6-7H2,(H,18,19);1H. The summed E-state index contributed by atoms with van der Waals surface area (Å²) < 4.78 is 0. The van der Waals surface area contributed by atoms with Crippen LogP contribution >= 0.6 is 23.7 Å². The van der Waals surface area contributed by atoms with Crippen LogP contribution in [-0.4, -0.2) is 12.5 Å². The van der Waals surface area contributed by atoms with Gasteiger partial charge >= 0.3 is 0 Å². The van der Waals surface area contributed by atoms with Crippen molar-refractivity contribution in [1.29, 1.82) is 0 Å². The number of thiophene rings is 1. The van der Waals surface area contributed by atoms with Crippen molar-refractivity contribution in [2.45, 2.75) is 25.7 Å². The fourth-order valence-electron chi connectivity index (χ4n) is 3.02. The van der Waals surface area contributed by atoms with Crippen molar-refractivity contribution in [3.8, 4) is 0 Å². The maximum absolute atomic E-state index is 12.3. The molecule has 2 heterocycles. The van der Waals surface area contributed by atoms with E-state index in [2.05, 4.69) is 22.8 Å². The van der Waals surface area contributed by atoms with Gasteiger partial charge in [0.2, 0.25) is 0 Å². The third-order valence-electron chi connectivity index (χ3n) is 4.04. The van der Waals surface area contributed by atoms with Gasteiger partial charge in [-0.15, -0.1) is 23.7 Å². The summed E-state index contributed by atoms with van der Waals surface area (Å²) in [4.78, 5) is 14.5. The van der Waals surface area contributed by atoms with Crippen molar-refractivity contribution >= 4 is 41.0 Å². The molecule has 0 saturated heterocycles. The highest BCUT2D eigenvalue weighted by Crippen LogP contribution is 2.31.